The lowest BCUT2D eigenvalue weighted by molar-refractivity contribution is -0.113. The van der Waals surface area contributed by atoms with Gasteiger partial charge in [0.1, 0.15) is 11.6 Å². The number of hydrogen-bond acceptors (Lipinski definition) is 6. The number of carbonyl (C=O) groups excluding carboxylic acids is 1. The molecule has 1 amide bonds. The molecule has 3 heterocycles. The maximum atomic E-state index is 13.9. The van der Waals surface area contributed by atoms with Crippen molar-refractivity contribution in [3.8, 4) is 11.8 Å². The predicted molar refractivity (Wildman–Crippen MR) is 141 cm³/mol. The third-order valence-corrected chi connectivity index (χ3v) is 6.65. The first-order chi connectivity index (χ1) is 18.3. The van der Waals surface area contributed by atoms with Crippen molar-refractivity contribution in [1.29, 1.82) is 5.26 Å². The van der Waals surface area contributed by atoms with Crippen molar-refractivity contribution < 1.29 is 9.53 Å². The van der Waals surface area contributed by atoms with Crippen LogP contribution < -0.4 is 9.80 Å². The molecule has 2 aliphatic rings. The summed E-state index contributed by atoms with van der Waals surface area (Å²) in [5.74, 6) is 0.741. The summed E-state index contributed by atoms with van der Waals surface area (Å²) in [4.78, 5) is 17.8. The lowest BCUT2D eigenvalue weighted by atomic mass is 10.0. The zero-order chi connectivity index (χ0) is 25.2. The van der Waals surface area contributed by atoms with Crippen LogP contribution in [-0.4, -0.2) is 47.0 Å². The number of nitrogens with zero attached hydrogens (tertiary/aromatic N) is 6. The number of para-hydroxylation sites is 2. The summed E-state index contributed by atoms with van der Waals surface area (Å²) in [6, 6.07) is 29.4. The molecular weight excluding hydrogens is 464 g/mol. The highest BCUT2D eigenvalue weighted by Gasteiger charge is 2.37. The number of morpholine rings is 1. The molecule has 0 aliphatic carbocycles. The topological polar surface area (TPSA) is 87.3 Å². The SMILES string of the molecule is N#CC(=C1C(=O)N(Cc2ccccc2)c2ccccc21)c1nnc(N2CCOCC2)n1-c1ccccc1. The molecule has 1 fully saturated rings. The van der Waals surface area contributed by atoms with Crippen LogP contribution in [0.1, 0.15) is 17.0 Å². The van der Waals surface area contributed by atoms with Gasteiger partial charge in [0.25, 0.3) is 5.91 Å². The Morgan fingerprint density at radius 3 is 2.30 bits per heavy atom. The molecule has 0 spiro atoms. The molecule has 0 radical (unpaired) electrons. The van der Waals surface area contributed by atoms with E-state index in [1.165, 1.54) is 0 Å². The van der Waals surface area contributed by atoms with Gasteiger partial charge in [0, 0.05) is 18.7 Å². The van der Waals surface area contributed by atoms with E-state index in [2.05, 4.69) is 21.2 Å². The second-order valence-corrected chi connectivity index (χ2v) is 8.85. The van der Waals surface area contributed by atoms with Gasteiger partial charge < -0.3 is 14.5 Å². The first kappa shape index (κ1) is 22.7. The third-order valence-electron chi connectivity index (χ3n) is 6.65. The number of nitriles is 1. The van der Waals surface area contributed by atoms with Crippen molar-refractivity contribution in [2.24, 2.45) is 0 Å². The van der Waals surface area contributed by atoms with Crippen LogP contribution in [0.25, 0.3) is 16.8 Å². The molecule has 0 unspecified atom stereocenters. The van der Waals surface area contributed by atoms with Crippen LogP contribution in [-0.2, 0) is 16.1 Å². The summed E-state index contributed by atoms with van der Waals surface area (Å²) >= 11 is 0. The van der Waals surface area contributed by atoms with Crippen molar-refractivity contribution in [3.63, 3.8) is 0 Å². The molecule has 6 rings (SSSR count). The quantitative estimate of drug-likeness (QED) is 0.311. The van der Waals surface area contributed by atoms with E-state index in [9.17, 15) is 10.1 Å². The van der Waals surface area contributed by atoms with Gasteiger partial charge >= 0.3 is 0 Å². The lowest BCUT2D eigenvalue weighted by Crippen LogP contribution is -2.38. The minimum absolute atomic E-state index is 0.198. The fraction of sp³-hybridized carbons (Fsp3) is 0.172. The molecule has 0 N–H and O–H groups in total. The standard InChI is InChI=1S/C29H24N6O2/c30-19-24(26-23-13-7-8-14-25(23)34(28(26)36)20-21-9-3-1-4-10-21)27-31-32-29(33-15-17-37-18-16-33)35(27)22-11-5-2-6-12-22/h1-14H,15-18,20H2. The Morgan fingerprint density at radius 2 is 1.57 bits per heavy atom. The van der Waals surface area contributed by atoms with Crippen LogP contribution in [0.2, 0.25) is 0 Å². The van der Waals surface area contributed by atoms with Gasteiger partial charge in [-0.05, 0) is 23.8 Å². The molecule has 1 aromatic heterocycles. The molecule has 1 saturated heterocycles. The molecule has 3 aromatic carbocycles. The molecule has 182 valence electrons. The van der Waals surface area contributed by atoms with E-state index in [1.54, 1.807) is 4.90 Å². The number of aromatic nitrogens is 3. The third kappa shape index (κ3) is 4.05. The van der Waals surface area contributed by atoms with Crippen LogP contribution >= 0.6 is 0 Å². The van der Waals surface area contributed by atoms with E-state index in [1.807, 2.05) is 89.5 Å². The Bertz CT molecular complexity index is 1520. The van der Waals surface area contributed by atoms with E-state index in [4.69, 9.17) is 4.74 Å². The molecule has 0 atom stereocenters. The van der Waals surface area contributed by atoms with Crippen LogP contribution in [0, 0.1) is 11.3 Å². The number of ether oxygens (including phenoxy) is 1. The van der Waals surface area contributed by atoms with Gasteiger partial charge in [-0.15, -0.1) is 10.2 Å². The lowest BCUT2D eigenvalue weighted by Gasteiger charge is -2.28. The number of benzene rings is 3. The number of amides is 1. The highest BCUT2D eigenvalue weighted by Crippen LogP contribution is 2.41. The molecule has 8 nitrogen and oxygen atoms in total. The average molecular weight is 489 g/mol. The van der Waals surface area contributed by atoms with E-state index in [-0.39, 0.29) is 11.5 Å². The molecule has 37 heavy (non-hydrogen) atoms. The van der Waals surface area contributed by atoms with Gasteiger partial charge in [0.15, 0.2) is 5.82 Å². The maximum absolute atomic E-state index is 13.9. The zero-order valence-electron chi connectivity index (χ0n) is 20.1. The van der Waals surface area contributed by atoms with E-state index >= 15 is 0 Å². The highest BCUT2D eigenvalue weighted by atomic mass is 16.5. The van der Waals surface area contributed by atoms with Crippen molar-refractivity contribution in [1.82, 2.24) is 14.8 Å². The van der Waals surface area contributed by atoms with Crippen LogP contribution in [0.15, 0.2) is 84.9 Å². The molecule has 2 aliphatic heterocycles. The first-order valence-electron chi connectivity index (χ1n) is 12.2. The summed E-state index contributed by atoms with van der Waals surface area (Å²) in [6.45, 7) is 2.91. The van der Waals surface area contributed by atoms with Gasteiger partial charge in [-0.3, -0.25) is 9.36 Å². The van der Waals surface area contributed by atoms with E-state index in [0.717, 1.165) is 22.5 Å². The Labute approximate surface area is 214 Å². The minimum atomic E-state index is -0.225. The van der Waals surface area contributed by atoms with E-state index < -0.39 is 0 Å². The van der Waals surface area contributed by atoms with Crippen molar-refractivity contribution in [2.45, 2.75) is 6.54 Å². The van der Waals surface area contributed by atoms with Gasteiger partial charge in [-0.2, -0.15) is 5.26 Å². The van der Waals surface area contributed by atoms with Crippen LogP contribution in [0.5, 0.6) is 0 Å². The number of fused-ring (bicyclic) bond motifs is 1. The minimum Gasteiger partial charge on any atom is -0.378 e. The highest BCUT2D eigenvalue weighted by molar-refractivity contribution is 6.38. The monoisotopic (exact) mass is 488 g/mol. The summed E-state index contributed by atoms with van der Waals surface area (Å²) in [6.07, 6.45) is 0. The molecule has 0 saturated carbocycles. The smallest absolute Gasteiger partial charge is 0.260 e. The van der Waals surface area contributed by atoms with E-state index in [0.29, 0.717) is 50.2 Å². The summed E-state index contributed by atoms with van der Waals surface area (Å²) in [5, 5.41) is 19.4. The summed E-state index contributed by atoms with van der Waals surface area (Å²) < 4.78 is 7.39. The predicted octanol–water partition coefficient (Wildman–Crippen LogP) is 4.09. The molecule has 8 heteroatoms. The van der Waals surface area contributed by atoms with Crippen LogP contribution in [0.4, 0.5) is 11.6 Å². The van der Waals surface area contributed by atoms with Gasteiger partial charge in [-0.1, -0.05) is 66.7 Å². The fourth-order valence-electron chi connectivity index (χ4n) is 4.88. The fourth-order valence-corrected chi connectivity index (χ4v) is 4.88. The number of carbonyl (C=O) groups is 1. The van der Waals surface area contributed by atoms with Crippen LogP contribution in [0.3, 0.4) is 0 Å². The number of rotatable bonds is 5. The summed E-state index contributed by atoms with van der Waals surface area (Å²) in [7, 11) is 0. The maximum Gasteiger partial charge on any atom is 0.260 e. The normalized spacial score (nSPS) is 16.5. The van der Waals surface area contributed by atoms with Gasteiger partial charge in [0.2, 0.25) is 5.95 Å². The second-order valence-electron chi connectivity index (χ2n) is 8.85. The Hall–Kier alpha value is -4.74. The molecule has 0 bridgehead atoms. The Balaban J connectivity index is 1.52. The van der Waals surface area contributed by atoms with Crippen molar-refractivity contribution in [2.75, 3.05) is 36.1 Å². The average Bonchev–Trinajstić information content (AvgIpc) is 3.51. The molecule has 4 aromatic rings. The Kier molecular flexibility index (Phi) is 5.97. The Morgan fingerprint density at radius 1 is 0.892 bits per heavy atom. The van der Waals surface area contributed by atoms with Gasteiger partial charge in [-0.25, -0.2) is 0 Å². The number of hydrogen-bond donors (Lipinski definition) is 0. The second kappa shape index (κ2) is 9.72. The molecular formula is C29H24N6O2. The summed E-state index contributed by atoms with van der Waals surface area (Å²) in [5.41, 5.74) is 3.86. The number of anilines is 2. The van der Waals surface area contributed by atoms with Crippen molar-refractivity contribution >= 4 is 28.7 Å². The zero-order valence-corrected chi connectivity index (χ0v) is 20.1. The first-order valence-corrected chi connectivity index (χ1v) is 12.2. The van der Waals surface area contributed by atoms with Gasteiger partial charge in [0.05, 0.1) is 36.7 Å². The van der Waals surface area contributed by atoms with Crippen molar-refractivity contribution in [3.05, 3.63) is 102 Å². The largest absolute Gasteiger partial charge is 0.378 e. The number of allylic oxidation sites excluding steroid dienone is 1.